The van der Waals surface area contributed by atoms with Crippen molar-refractivity contribution in [2.75, 3.05) is 0 Å². The number of hydrogen-bond donors (Lipinski definition) is 0. The molecule has 2 unspecified atom stereocenters. The molecule has 2 atom stereocenters. The van der Waals surface area contributed by atoms with Gasteiger partial charge in [-0.1, -0.05) is 0 Å². The Morgan fingerprint density at radius 2 is 1.32 bits per heavy atom. The van der Waals surface area contributed by atoms with Gasteiger partial charge in [-0.25, -0.2) is 0 Å². The molecule has 0 spiro atoms. The smallest absolute Gasteiger partial charge is 0.147 e. The summed E-state index contributed by atoms with van der Waals surface area (Å²) in [6.45, 7) is 14.2. The Labute approximate surface area is 203 Å². The molecule has 166 valence electrons. The van der Waals surface area contributed by atoms with Gasteiger partial charge in [0, 0.05) is 0 Å². The monoisotopic (exact) mass is 548 g/mol. The number of allylic oxidation sites excluding steroid dienone is 5. The molecule has 0 radical (unpaired) electrons. The summed E-state index contributed by atoms with van der Waals surface area (Å²) in [5, 5.41) is 0. The maximum Gasteiger partial charge on any atom is -0.147 e. The molecule has 0 aromatic heterocycles. The topological polar surface area (TPSA) is 0 Å². The normalized spacial score (nSPS) is 20.8. The number of aryl methyl sites for hydroxylation is 1. The Balaban J connectivity index is 0.00000171. The van der Waals surface area contributed by atoms with Gasteiger partial charge in [-0.15, -0.1) is 24.8 Å². The van der Waals surface area contributed by atoms with Gasteiger partial charge in [0.1, 0.15) is 0 Å². The average Bonchev–Trinajstić information content (AvgIpc) is 3.15. The predicted octanol–water partition coefficient (Wildman–Crippen LogP) is 7.92. The first-order valence-corrected chi connectivity index (χ1v) is 24.3. The summed E-state index contributed by atoms with van der Waals surface area (Å²) in [4.78, 5) is 0. The van der Waals surface area contributed by atoms with Gasteiger partial charge in [0.25, 0.3) is 0 Å². The van der Waals surface area contributed by atoms with Crippen molar-refractivity contribution < 1.29 is 17.4 Å². The van der Waals surface area contributed by atoms with Crippen LogP contribution >= 0.6 is 24.8 Å². The molecule has 0 saturated heterocycles. The zero-order valence-corrected chi connectivity index (χ0v) is 25.4. The Morgan fingerprint density at radius 3 is 1.87 bits per heavy atom. The maximum atomic E-state index is 2.69. The van der Waals surface area contributed by atoms with Crippen LogP contribution in [0.5, 0.6) is 0 Å². The molecular weight excluding hydrogens is 515 g/mol. The van der Waals surface area contributed by atoms with Crippen LogP contribution in [0, 0.1) is 12.8 Å². The summed E-state index contributed by atoms with van der Waals surface area (Å²) in [6, 6.07) is 18.1. The van der Waals surface area contributed by atoms with Crippen molar-refractivity contribution in [1.29, 1.82) is 0 Å². The van der Waals surface area contributed by atoms with Crippen LogP contribution in [0.2, 0.25) is 9.26 Å². The summed E-state index contributed by atoms with van der Waals surface area (Å²) >= 11 is -3.31. The number of halogens is 2. The van der Waals surface area contributed by atoms with E-state index >= 15 is 0 Å². The second kappa shape index (κ2) is 8.94. The Morgan fingerprint density at radius 1 is 0.774 bits per heavy atom. The van der Waals surface area contributed by atoms with Crippen LogP contribution in [-0.2, 0) is 17.4 Å². The van der Waals surface area contributed by atoms with Crippen molar-refractivity contribution in [3.05, 3.63) is 96.9 Å². The molecule has 0 aliphatic heterocycles. The van der Waals surface area contributed by atoms with E-state index in [-0.39, 0.29) is 24.8 Å². The summed E-state index contributed by atoms with van der Waals surface area (Å²) in [5.41, 5.74) is 11.9. The molecule has 0 fully saturated rings. The number of hydrogen-bond acceptors (Lipinski definition) is 0. The Kier molecular flexibility index (Phi) is 7.67. The molecule has 2 aromatic carbocycles. The minimum absolute atomic E-state index is 0. The standard InChI is InChI=1S/C16H13.C9H13.2CH3.2ClH.H2Si.Zr/c1-12-6-2-4-8-14(12)16-11-10-13-7-3-5-9-15(13)16;1-6-5-7(2)9(4)8(6)3;;;;;;/h2-11H,1H3;6H,1-4H3;2*1H3;2*1H;1H2;. The van der Waals surface area contributed by atoms with E-state index in [0.29, 0.717) is 9.54 Å². The molecule has 2 aliphatic rings. The first-order valence-electron chi connectivity index (χ1n) is 10.9. The third-order valence-corrected chi connectivity index (χ3v) is 25.1. The largest absolute Gasteiger partial charge is 0.147 e. The summed E-state index contributed by atoms with van der Waals surface area (Å²) in [5.74, 6) is 0.594. The molecule has 2 aromatic rings. The van der Waals surface area contributed by atoms with Gasteiger partial charge in [-0.3, -0.25) is 0 Å². The summed E-state index contributed by atoms with van der Waals surface area (Å²) in [7, 11) is 0. The van der Waals surface area contributed by atoms with Crippen molar-refractivity contribution in [2.45, 2.75) is 47.5 Å². The molecule has 0 nitrogen and oxygen atoms in total. The predicted molar refractivity (Wildman–Crippen MR) is 142 cm³/mol. The zero-order chi connectivity index (χ0) is 21.2. The zero-order valence-electron chi connectivity index (χ0n) is 19.9. The fraction of sp³-hybridized carbons (Fsp3) is 0.333. The number of benzene rings is 2. The second-order valence-electron chi connectivity index (χ2n) is 10.3. The van der Waals surface area contributed by atoms with Gasteiger partial charge in [0.15, 0.2) is 0 Å². The van der Waals surface area contributed by atoms with Gasteiger partial charge in [0.2, 0.25) is 0 Å². The average molecular weight is 551 g/mol. The van der Waals surface area contributed by atoms with Crippen molar-refractivity contribution in [3.8, 4) is 0 Å². The molecule has 0 amide bonds. The van der Waals surface area contributed by atoms with E-state index in [1.54, 1.807) is 16.7 Å². The Bertz CT molecular complexity index is 1190. The van der Waals surface area contributed by atoms with Crippen LogP contribution in [0.3, 0.4) is 0 Å². The molecular formula is C27H36Cl2SiZr. The molecule has 0 bridgehead atoms. The van der Waals surface area contributed by atoms with Crippen molar-refractivity contribution >= 4 is 37.3 Å². The van der Waals surface area contributed by atoms with Crippen LogP contribution in [0.1, 0.15) is 53.6 Å². The van der Waals surface area contributed by atoms with Crippen molar-refractivity contribution in [2.24, 2.45) is 5.92 Å². The van der Waals surface area contributed by atoms with Gasteiger partial charge >= 0.3 is 180 Å². The first kappa shape index (κ1) is 26.6. The SMILES string of the molecule is CC1=C(C)C(C)[C]([Zr]([CH3])([CH3])(=[SiH2])[CH]2C=C(c3ccccc3C)c3ccccc32)=C1C.Cl.Cl. The quantitative estimate of drug-likeness (QED) is 0.341. The minimum atomic E-state index is -3.31. The van der Waals surface area contributed by atoms with E-state index in [2.05, 4.69) is 105 Å². The van der Waals surface area contributed by atoms with Crippen molar-refractivity contribution in [3.63, 3.8) is 0 Å². The molecule has 0 N–H and O–H groups in total. The van der Waals surface area contributed by atoms with Crippen LogP contribution < -0.4 is 0 Å². The van der Waals surface area contributed by atoms with Crippen LogP contribution in [0.15, 0.2) is 74.6 Å². The van der Waals surface area contributed by atoms with E-state index in [4.69, 9.17) is 0 Å². The number of rotatable bonds is 3. The third kappa shape index (κ3) is 4.08. The third-order valence-electron chi connectivity index (χ3n) is 7.88. The summed E-state index contributed by atoms with van der Waals surface area (Å²) < 4.78 is 7.77. The van der Waals surface area contributed by atoms with E-state index in [1.807, 2.05) is 3.28 Å². The van der Waals surface area contributed by atoms with Crippen molar-refractivity contribution in [1.82, 2.24) is 0 Å². The Hall–Kier alpha value is -0.660. The van der Waals surface area contributed by atoms with Gasteiger partial charge < -0.3 is 0 Å². The first-order chi connectivity index (χ1) is 13.5. The van der Waals surface area contributed by atoms with Gasteiger partial charge in [0.05, 0.1) is 0 Å². The molecule has 0 heterocycles. The van der Waals surface area contributed by atoms with E-state index in [1.165, 1.54) is 27.8 Å². The fourth-order valence-corrected chi connectivity index (χ4v) is 24.6. The fourth-order valence-electron chi connectivity index (χ4n) is 6.09. The van der Waals surface area contributed by atoms with E-state index in [9.17, 15) is 0 Å². The van der Waals surface area contributed by atoms with Crippen LogP contribution in [0.25, 0.3) is 5.57 Å². The van der Waals surface area contributed by atoms with E-state index < -0.39 is 17.4 Å². The molecule has 2 aliphatic carbocycles. The van der Waals surface area contributed by atoms with Gasteiger partial charge in [-0.05, 0) is 0 Å². The molecule has 4 heteroatoms. The maximum absolute atomic E-state index is 3.31. The summed E-state index contributed by atoms with van der Waals surface area (Å²) in [6.07, 6.45) is 2.65. The second-order valence-corrected chi connectivity index (χ2v) is 39.9. The molecule has 4 rings (SSSR count). The molecule has 31 heavy (non-hydrogen) atoms. The number of fused-ring (bicyclic) bond motifs is 1. The minimum Gasteiger partial charge on any atom is -0.147 e. The van der Waals surface area contributed by atoms with Crippen LogP contribution in [-0.4, -0.2) is 6.88 Å². The van der Waals surface area contributed by atoms with Crippen LogP contribution in [0.4, 0.5) is 0 Å². The van der Waals surface area contributed by atoms with Gasteiger partial charge in [-0.2, -0.15) is 0 Å². The molecule has 0 saturated carbocycles. The van der Waals surface area contributed by atoms with E-state index in [0.717, 1.165) is 0 Å².